The number of methoxy groups -OCH3 is 1. The average Bonchev–Trinajstić information content (AvgIpc) is 2.17. The van der Waals surface area contributed by atoms with Crippen molar-refractivity contribution in [3.63, 3.8) is 0 Å². The number of aryl methyl sites for hydroxylation is 2. The van der Waals surface area contributed by atoms with E-state index >= 15 is 0 Å². The van der Waals surface area contributed by atoms with E-state index in [1.165, 1.54) is 0 Å². The van der Waals surface area contributed by atoms with Crippen LogP contribution in [0.5, 0.6) is 5.75 Å². The second-order valence-corrected chi connectivity index (χ2v) is 4.48. The van der Waals surface area contributed by atoms with Crippen molar-refractivity contribution in [2.45, 2.75) is 33.1 Å². The molecular formula is C13H18O2. The number of carbonyl (C=O) groups excluding carboxylic acids is 1. The fourth-order valence-electron chi connectivity index (χ4n) is 1.71. The van der Waals surface area contributed by atoms with E-state index in [4.69, 9.17) is 4.74 Å². The van der Waals surface area contributed by atoms with E-state index in [1.54, 1.807) is 7.11 Å². The summed E-state index contributed by atoms with van der Waals surface area (Å²) in [5.74, 6) is 0.903. The van der Waals surface area contributed by atoms with E-state index in [0.29, 0.717) is 0 Å². The van der Waals surface area contributed by atoms with Gasteiger partial charge in [-0.2, -0.15) is 0 Å². The summed E-state index contributed by atoms with van der Waals surface area (Å²) in [6.07, 6.45) is 0.980. The van der Waals surface area contributed by atoms with Gasteiger partial charge in [0.15, 0.2) is 0 Å². The third-order valence-corrected chi connectivity index (χ3v) is 2.70. The van der Waals surface area contributed by atoms with Crippen molar-refractivity contribution in [2.75, 3.05) is 7.11 Å². The molecule has 0 radical (unpaired) electrons. The molecule has 1 rings (SSSR count). The van der Waals surface area contributed by atoms with Crippen LogP contribution in [-0.4, -0.2) is 13.4 Å². The highest BCUT2D eigenvalue weighted by Gasteiger charge is 2.21. The Bertz CT molecular complexity index is 355. The average molecular weight is 206 g/mol. The van der Waals surface area contributed by atoms with Crippen molar-refractivity contribution in [1.82, 2.24) is 0 Å². The van der Waals surface area contributed by atoms with Gasteiger partial charge in [-0.15, -0.1) is 0 Å². The second-order valence-electron chi connectivity index (χ2n) is 4.48. The first-order valence-electron chi connectivity index (χ1n) is 5.04. The van der Waals surface area contributed by atoms with E-state index in [9.17, 15) is 4.79 Å². The summed E-state index contributed by atoms with van der Waals surface area (Å²) in [5.41, 5.74) is 2.75. The summed E-state index contributed by atoms with van der Waals surface area (Å²) in [6, 6.07) is 4.03. The molecule has 0 spiro atoms. The largest absolute Gasteiger partial charge is 0.496 e. The number of carbonyl (C=O) groups is 1. The van der Waals surface area contributed by atoms with Gasteiger partial charge in [0, 0.05) is 5.41 Å². The molecule has 1 aromatic rings. The van der Waals surface area contributed by atoms with E-state index in [1.807, 2.05) is 39.8 Å². The van der Waals surface area contributed by atoms with Gasteiger partial charge < -0.3 is 9.53 Å². The lowest BCUT2D eigenvalue weighted by Gasteiger charge is -2.20. The van der Waals surface area contributed by atoms with E-state index < -0.39 is 5.41 Å². The molecule has 2 nitrogen and oxygen atoms in total. The molecule has 0 aliphatic rings. The minimum absolute atomic E-state index is 0.429. The number of hydrogen-bond donors (Lipinski definition) is 0. The summed E-state index contributed by atoms with van der Waals surface area (Å²) < 4.78 is 5.29. The zero-order valence-electron chi connectivity index (χ0n) is 10.0. The van der Waals surface area contributed by atoms with Crippen molar-refractivity contribution in [2.24, 2.45) is 0 Å². The minimum Gasteiger partial charge on any atom is -0.496 e. The van der Waals surface area contributed by atoms with Gasteiger partial charge in [0.05, 0.1) is 7.11 Å². The molecule has 0 heterocycles. The third-order valence-electron chi connectivity index (χ3n) is 2.70. The van der Waals surface area contributed by atoms with Crippen LogP contribution in [0.25, 0.3) is 0 Å². The van der Waals surface area contributed by atoms with Gasteiger partial charge >= 0.3 is 0 Å². The maximum atomic E-state index is 11.0. The Labute approximate surface area is 91.3 Å². The first-order chi connectivity index (χ1) is 6.92. The minimum atomic E-state index is -0.429. The molecule has 0 saturated heterocycles. The van der Waals surface area contributed by atoms with Crippen LogP contribution in [0.1, 0.15) is 30.5 Å². The highest BCUT2D eigenvalue weighted by molar-refractivity contribution is 5.68. The lowest BCUT2D eigenvalue weighted by molar-refractivity contribution is -0.111. The molecule has 82 valence electrons. The van der Waals surface area contributed by atoms with Gasteiger partial charge in [0.2, 0.25) is 0 Å². The van der Waals surface area contributed by atoms with Crippen molar-refractivity contribution >= 4 is 6.29 Å². The Morgan fingerprint density at radius 2 is 1.67 bits per heavy atom. The van der Waals surface area contributed by atoms with Crippen LogP contribution in [0, 0.1) is 13.8 Å². The van der Waals surface area contributed by atoms with Crippen LogP contribution in [0.4, 0.5) is 0 Å². The highest BCUT2D eigenvalue weighted by atomic mass is 16.5. The van der Waals surface area contributed by atoms with Crippen LogP contribution in [0.15, 0.2) is 12.1 Å². The Hall–Kier alpha value is -1.31. The molecule has 0 aromatic heterocycles. The Morgan fingerprint density at radius 3 is 2.00 bits per heavy atom. The molecule has 2 heteroatoms. The van der Waals surface area contributed by atoms with Crippen LogP contribution in [-0.2, 0) is 10.2 Å². The number of benzene rings is 1. The predicted molar refractivity (Wildman–Crippen MR) is 61.6 cm³/mol. The van der Waals surface area contributed by atoms with Crippen LogP contribution < -0.4 is 4.74 Å². The molecule has 0 unspecified atom stereocenters. The fourth-order valence-corrected chi connectivity index (χ4v) is 1.71. The summed E-state index contributed by atoms with van der Waals surface area (Å²) in [5, 5.41) is 0. The quantitative estimate of drug-likeness (QED) is 0.711. The molecule has 0 saturated carbocycles. The molecule has 0 bridgehead atoms. The topological polar surface area (TPSA) is 26.3 Å². The van der Waals surface area contributed by atoms with E-state index in [-0.39, 0.29) is 0 Å². The monoisotopic (exact) mass is 206 g/mol. The van der Waals surface area contributed by atoms with Gasteiger partial charge in [0.25, 0.3) is 0 Å². The van der Waals surface area contributed by atoms with Crippen molar-refractivity contribution in [3.05, 3.63) is 28.8 Å². The highest BCUT2D eigenvalue weighted by Crippen LogP contribution is 2.29. The van der Waals surface area contributed by atoms with Gasteiger partial charge in [0.1, 0.15) is 12.0 Å². The number of aldehydes is 1. The van der Waals surface area contributed by atoms with Crippen LogP contribution in [0.3, 0.4) is 0 Å². The molecular weight excluding hydrogens is 188 g/mol. The number of rotatable bonds is 3. The fraction of sp³-hybridized carbons (Fsp3) is 0.462. The zero-order valence-corrected chi connectivity index (χ0v) is 10.0. The van der Waals surface area contributed by atoms with Gasteiger partial charge in [-0.1, -0.05) is 12.1 Å². The summed E-state index contributed by atoms with van der Waals surface area (Å²) >= 11 is 0. The van der Waals surface area contributed by atoms with Crippen LogP contribution >= 0.6 is 0 Å². The van der Waals surface area contributed by atoms with Crippen LogP contribution in [0.2, 0.25) is 0 Å². The molecule has 0 fully saturated rings. The number of ether oxygens (including phenoxy) is 1. The summed E-state index contributed by atoms with van der Waals surface area (Å²) in [4.78, 5) is 11.0. The van der Waals surface area contributed by atoms with Gasteiger partial charge in [-0.25, -0.2) is 0 Å². The molecule has 15 heavy (non-hydrogen) atoms. The number of hydrogen-bond acceptors (Lipinski definition) is 2. The Balaban J connectivity index is 3.31. The molecule has 0 N–H and O–H groups in total. The standard InChI is InChI=1S/C13H18O2/c1-9-6-11(13(3,4)8-14)7-10(2)12(9)15-5/h6-8H,1-5H3. The van der Waals surface area contributed by atoms with Crippen molar-refractivity contribution in [1.29, 1.82) is 0 Å². The van der Waals surface area contributed by atoms with Crippen molar-refractivity contribution in [3.8, 4) is 5.75 Å². The maximum absolute atomic E-state index is 11.0. The van der Waals surface area contributed by atoms with E-state index in [2.05, 4.69) is 0 Å². The van der Waals surface area contributed by atoms with Gasteiger partial charge in [-0.3, -0.25) is 0 Å². The summed E-state index contributed by atoms with van der Waals surface area (Å²) in [7, 11) is 1.67. The lowest BCUT2D eigenvalue weighted by atomic mass is 9.84. The predicted octanol–water partition coefficient (Wildman–Crippen LogP) is 2.79. The molecule has 1 aromatic carbocycles. The SMILES string of the molecule is COc1c(C)cc(C(C)(C)C=O)cc1C. The Kier molecular flexibility index (Phi) is 3.18. The third kappa shape index (κ3) is 2.20. The molecule has 0 aliphatic heterocycles. The van der Waals surface area contributed by atoms with Crippen molar-refractivity contribution < 1.29 is 9.53 Å². The van der Waals surface area contributed by atoms with E-state index in [0.717, 1.165) is 28.7 Å². The lowest BCUT2D eigenvalue weighted by Crippen LogP contribution is -2.19. The maximum Gasteiger partial charge on any atom is 0.129 e. The smallest absolute Gasteiger partial charge is 0.129 e. The normalized spacial score (nSPS) is 11.3. The molecule has 0 aliphatic carbocycles. The van der Waals surface area contributed by atoms with Gasteiger partial charge in [-0.05, 0) is 44.4 Å². The second kappa shape index (κ2) is 4.05. The first-order valence-corrected chi connectivity index (χ1v) is 5.04. The summed E-state index contributed by atoms with van der Waals surface area (Å²) in [6.45, 7) is 7.83. The molecule has 0 atom stereocenters. The zero-order chi connectivity index (χ0) is 11.6. The Morgan fingerprint density at radius 1 is 1.20 bits per heavy atom. The molecule has 0 amide bonds. The first kappa shape index (κ1) is 11.8.